The molecule has 2 heterocycles. The number of carbonyl (C=O) groups excluding carboxylic acids is 3. The van der Waals surface area contributed by atoms with E-state index in [0.29, 0.717) is 0 Å². The molecule has 14 nitrogen and oxygen atoms in total. The largest absolute Gasteiger partial charge is 0.467 e. The minimum Gasteiger partial charge on any atom is -0.467 e. The highest BCUT2D eigenvalue weighted by Gasteiger charge is 2.58. The van der Waals surface area contributed by atoms with E-state index in [4.69, 9.17) is 52.1 Å². The summed E-state index contributed by atoms with van der Waals surface area (Å²) in [6.07, 6.45) is -11.5. The van der Waals surface area contributed by atoms with E-state index in [-0.39, 0.29) is 33.0 Å². The molecule has 2 aliphatic rings. The third-order valence-corrected chi connectivity index (χ3v) is 9.97. The number of esters is 3. The van der Waals surface area contributed by atoms with E-state index in [1.54, 1.807) is 6.08 Å². The Balaban J connectivity index is 1.44. The van der Waals surface area contributed by atoms with Crippen LogP contribution in [0, 0.1) is 0 Å². The first kappa shape index (κ1) is 45.2. The van der Waals surface area contributed by atoms with E-state index in [0.717, 1.165) is 22.3 Å². The molecule has 324 valence electrons. The highest BCUT2D eigenvalue weighted by Crippen LogP contribution is 2.37. The van der Waals surface area contributed by atoms with Crippen LogP contribution in [0.15, 0.2) is 134 Å². The topological polar surface area (TPSA) is 153 Å². The quantitative estimate of drug-likeness (QED) is 0.0613. The van der Waals surface area contributed by atoms with Crippen molar-refractivity contribution < 1.29 is 66.5 Å². The Bertz CT molecular complexity index is 1950. The molecule has 0 aromatic heterocycles. The van der Waals surface area contributed by atoms with E-state index in [1.807, 2.05) is 121 Å². The second-order valence-electron chi connectivity index (χ2n) is 14.2. The molecule has 0 amide bonds. The molecule has 6 rings (SSSR count). The van der Waals surface area contributed by atoms with Crippen LogP contribution in [0.3, 0.4) is 0 Å². The van der Waals surface area contributed by atoms with Gasteiger partial charge in [0.1, 0.15) is 30.5 Å². The smallest absolute Gasteiger partial charge is 0.339 e. The van der Waals surface area contributed by atoms with Crippen LogP contribution >= 0.6 is 0 Å². The van der Waals surface area contributed by atoms with Gasteiger partial charge in [0.05, 0.1) is 47.3 Å². The molecule has 0 spiro atoms. The fourth-order valence-electron chi connectivity index (χ4n) is 7.06. The second-order valence-corrected chi connectivity index (χ2v) is 14.2. The minimum atomic E-state index is -1.57. The lowest BCUT2D eigenvalue weighted by atomic mass is 9.95. The first-order valence-electron chi connectivity index (χ1n) is 19.9. The Morgan fingerprint density at radius 2 is 0.869 bits per heavy atom. The first-order chi connectivity index (χ1) is 29.8. The molecule has 0 saturated carbocycles. The van der Waals surface area contributed by atoms with E-state index in [1.165, 1.54) is 21.1 Å². The predicted molar refractivity (Wildman–Crippen MR) is 218 cm³/mol. The van der Waals surface area contributed by atoms with Crippen LogP contribution in [0.1, 0.15) is 29.2 Å². The van der Waals surface area contributed by atoms with E-state index >= 15 is 0 Å². The van der Waals surface area contributed by atoms with Crippen molar-refractivity contribution in [1.82, 2.24) is 0 Å². The van der Waals surface area contributed by atoms with Crippen LogP contribution in [0.25, 0.3) is 0 Å². The molecular formula is C47H52O14. The Labute approximate surface area is 355 Å². The van der Waals surface area contributed by atoms with Crippen LogP contribution in [-0.2, 0) is 92.9 Å². The lowest BCUT2D eigenvalue weighted by molar-refractivity contribution is -0.365. The van der Waals surface area contributed by atoms with Gasteiger partial charge in [0, 0.05) is 6.92 Å². The van der Waals surface area contributed by atoms with E-state index < -0.39 is 79.3 Å². The Hall–Kier alpha value is -5.29. The normalized spacial score (nSPS) is 26.1. The molecule has 0 aliphatic carbocycles. The van der Waals surface area contributed by atoms with Gasteiger partial charge in [-0.05, 0) is 22.3 Å². The lowest BCUT2D eigenvalue weighted by Crippen LogP contribution is -2.67. The van der Waals surface area contributed by atoms with Crippen molar-refractivity contribution in [2.75, 3.05) is 20.8 Å². The number of hydrogen-bond acceptors (Lipinski definition) is 14. The fraction of sp³-hybridized carbons (Fsp3) is 0.383. The Morgan fingerprint density at radius 1 is 0.508 bits per heavy atom. The van der Waals surface area contributed by atoms with Crippen molar-refractivity contribution in [3.8, 4) is 0 Å². The van der Waals surface area contributed by atoms with Crippen molar-refractivity contribution in [1.29, 1.82) is 0 Å². The second kappa shape index (κ2) is 23.1. The van der Waals surface area contributed by atoms with Gasteiger partial charge in [0.25, 0.3) is 0 Å². The average molecular weight is 841 g/mol. The summed E-state index contributed by atoms with van der Waals surface area (Å²) in [6.45, 7) is 5.24. The number of benzene rings is 4. The molecule has 14 heteroatoms. The third kappa shape index (κ3) is 12.4. The zero-order chi connectivity index (χ0) is 43.0. The molecule has 4 aromatic carbocycles. The summed E-state index contributed by atoms with van der Waals surface area (Å²) in [5.41, 5.74) is 3.24. The number of carbonyl (C=O) groups is 3. The van der Waals surface area contributed by atoms with Crippen LogP contribution in [-0.4, -0.2) is 100 Å². The van der Waals surface area contributed by atoms with Gasteiger partial charge in [0.2, 0.25) is 0 Å². The van der Waals surface area contributed by atoms with E-state index in [2.05, 4.69) is 6.58 Å². The molecule has 4 aromatic rings. The van der Waals surface area contributed by atoms with Crippen LogP contribution in [0.2, 0.25) is 0 Å². The summed E-state index contributed by atoms with van der Waals surface area (Å²) < 4.78 is 68.4. The van der Waals surface area contributed by atoms with Gasteiger partial charge in [0.15, 0.2) is 30.9 Å². The first-order valence-corrected chi connectivity index (χ1v) is 19.9. The van der Waals surface area contributed by atoms with Crippen LogP contribution < -0.4 is 0 Å². The molecule has 61 heavy (non-hydrogen) atoms. The Kier molecular flexibility index (Phi) is 17.1. The number of methoxy groups -OCH3 is 2. The van der Waals surface area contributed by atoms with Crippen molar-refractivity contribution >= 4 is 17.9 Å². The van der Waals surface area contributed by atoms with Crippen molar-refractivity contribution in [2.24, 2.45) is 0 Å². The summed E-state index contributed by atoms with van der Waals surface area (Å²) in [4.78, 5) is 40.1. The van der Waals surface area contributed by atoms with Crippen molar-refractivity contribution in [3.05, 3.63) is 156 Å². The van der Waals surface area contributed by atoms with E-state index in [9.17, 15) is 14.4 Å². The average Bonchev–Trinajstić information content (AvgIpc) is 3.29. The molecule has 0 unspecified atom stereocenters. The number of ether oxygens (including phenoxy) is 11. The van der Waals surface area contributed by atoms with Gasteiger partial charge in [-0.1, -0.05) is 127 Å². The van der Waals surface area contributed by atoms with Gasteiger partial charge < -0.3 is 52.1 Å². The molecule has 0 N–H and O–H groups in total. The molecule has 2 aliphatic heterocycles. The fourth-order valence-corrected chi connectivity index (χ4v) is 7.06. The maximum atomic E-state index is 13.8. The summed E-state index contributed by atoms with van der Waals surface area (Å²) in [7, 11) is 2.39. The van der Waals surface area contributed by atoms with Gasteiger partial charge >= 0.3 is 17.9 Å². The SMILES string of the molecule is C=CCO[C@@H]1O[C@H](C(=O)OC)[C@H](O[C@@H]2O[C@H](C(=O)OC)[C@H](OC(C)=O)[C@H](OCc3ccccc3)[C@H]2OCc2ccccc2)[C@H](OCc2ccccc2)[C@H]1OCc1ccccc1. The van der Waals surface area contributed by atoms with Gasteiger partial charge in [-0.3, -0.25) is 4.79 Å². The highest BCUT2D eigenvalue weighted by atomic mass is 16.8. The van der Waals surface area contributed by atoms with Crippen LogP contribution in [0.4, 0.5) is 0 Å². The van der Waals surface area contributed by atoms with Gasteiger partial charge in [-0.2, -0.15) is 0 Å². The predicted octanol–water partition coefficient (Wildman–Crippen LogP) is 5.64. The number of hydrogen-bond donors (Lipinski definition) is 0. The zero-order valence-corrected chi connectivity index (χ0v) is 34.4. The summed E-state index contributed by atoms with van der Waals surface area (Å²) in [5, 5.41) is 0. The standard InChI is InChI=1S/C47H52O14/c1-5-26-53-46-42(56-29-34-22-14-8-15-23-34)37(55-28-33-20-12-7-13-21-33)39(41(60-46)45(50)52-4)59-47-43(57-30-35-24-16-9-17-25-35)36(54-27-32-18-10-6-11-19-32)38(58-31(2)48)40(61-47)44(49)51-3/h5-25,36-43,46-47H,1,26-30H2,2-4H3/t36-,37-,38+,39+,40-,41-,42+,43+,46+,47+/m0/s1. The summed E-state index contributed by atoms with van der Waals surface area (Å²) in [6, 6.07) is 37.5. The third-order valence-electron chi connectivity index (χ3n) is 9.97. The number of rotatable bonds is 20. The lowest BCUT2D eigenvalue weighted by Gasteiger charge is -2.49. The molecule has 10 atom stereocenters. The van der Waals surface area contributed by atoms with Gasteiger partial charge in [-0.25, -0.2) is 9.59 Å². The Morgan fingerprint density at radius 3 is 1.26 bits per heavy atom. The molecule has 0 radical (unpaired) electrons. The maximum absolute atomic E-state index is 13.8. The monoisotopic (exact) mass is 840 g/mol. The van der Waals surface area contributed by atoms with Gasteiger partial charge in [-0.15, -0.1) is 6.58 Å². The summed E-state index contributed by atoms with van der Waals surface area (Å²) >= 11 is 0. The minimum absolute atomic E-state index is 0.0193. The molecular weight excluding hydrogens is 789 g/mol. The molecule has 2 saturated heterocycles. The molecule has 0 bridgehead atoms. The van der Waals surface area contributed by atoms with Crippen molar-refractivity contribution in [3.63, 3.8) is 0 Å². The van der Waals surface area contributed by atoms with Crippen LogP contribution in [0.5, 0.6) is 0 Å². The maximum Gasteiger partial charge on any atom is 0.339 e. The summed E-state index contributed by atoms with van der Waals surface area (Å²) in [5.74, 6) is -2.40. The highest BCUT2D eigenvalue weighted by molar-refractivity contribution is 5.77. The molecule has 2 fully saturated rings. The van der Waals surface area contributed by atoms with Crippen molar-refractivity contribution in [2.45, 2.75) is 94.8 Å². The zero-order valence-electron chi connectivity index (χ0n) is 34.4.